The lowest BCUT2D eigenvalue weighted by Gasteiger charge is -2.17. The zero-order chi connectivity index (χ0) is 16.9. The first-order chi connectivity index (χ1) is 11.6. The minimum Gasteiger partial charge on any atom is -0.357 e. The van der Waals surface area contributed by atoms with Gasteiger partial charge in [-0.2, -0.15) is 0 Å². The van der Waals surface area contributed by atoms with Gasteiger partial charge in [-0.25, -0.2) is 9.37 Å². The van der Waals surface area contributed by atoms with Crippen LogP contribution in [0.15, 0.2) is 41.0 Å². The molecule has 2 aromatic rings. The van der Waals surface area contributed by atoms with E-state index in [2.05, 4.69) is 31.1 Å². The second-order valence-electron chi connectivity index (χ2n) is 5.88. The number of anilines is 1. The molecule has 1 saturated heterocycles. The number of hydrogen-bond acceptors (Lipinski definition) is 3. The number of rotatable bonds is 5. The van der Waals surface area contributed by atoms with E-state index in [-0.39, 0.29) is 18.1 Å². The summed E-state index contributed by atoms with van der Waals surface area (Å²) in [5.74, 6) is 0.372. The summed E-state index contributed by atoms with van der Waals surface area (Å²) in [4.78, 5) is 18.7. The third-order valence-electron chi connectivity index (χ3n) is 4.11. The minimum atomic E-state index is -0.382. The van der Waals surface area contributed by atoms with Crippen LogP contribution in [0, 0.1) is 5.82 Å². The Labute approximate surface area is 149 Å². The van der Waals surface area contributed by atoms with Crippen molar-refractivity contribution >= 4 is 27.7 Å². The highest BCUT2D eigenvalue weighted by Crippen LogP contribution is 2.20. The minimum absolute atomic E-state index is 0.0232. The molecule has 0 radical (unpaired) electrons. The number of aromatic nitrogens is 1. The number of carbonyl (C=O) groups excluding carboxylic acids is 1. The van der Waals surface area contributed by atoms with E-state index >= 15 is 0 Å². The second kappa shape index (κ2) is 7.75. The largest absolute Gasteiger partial charge is 0.357 e. The fourth-order valence-corrected chi connectivity index (χ4v) is 3.22. The molecular weight excluding hydrogens is 373 g/mol. The summed E-state index contributed by atoms with van der Waals surface area (Å²) in [5.41, 5.74) is 1.38. The molecule has 4 nitrogen and oxygen atoms in total. The Morgan fingerprint density at radius 3 is 2.88 bits per heavy atom. The monoisotopic (exact) mass is 391 g/mol. The van der Waals surface area contributed by atoms with E-state index in [1.807, 2.05) is 12.1 Å². The third kappa shape index (κ3) is 4.12. The van der Waals surface area contributed by atoms with Crippen molar-refractivity contribution in [3.8, 4) is 0 Å². The predicted molar refractivity (Wildman–Crippen MR) is 95.3 cm³/mol. The van der Waals surface area contributed by atoms with Gasteiger partial charge in [-0.3, -0.25) is 4.79 Å². The lowest BCUT2D eigenvalue weighted by molar-refractivity contribution is -0.120. The molecule has 6 heteroatoms. The van der Waals surface area contributed by atoms with Crippen molar-refractivity contribution in [3.05, 3.63) is 57.9 Å². The van der Waals surface area contributed by atoms with Gasteiger partial charge in [0.1, 0.15) is 11.6 Å². The predicted octanol–water partition coefficient (Wildman–Crippen LogP) is 3.44. The number of nitrogens with zero attached hydrogens (tertiary/aromatic N) is 2. The van der Waals surface area contributed by atoms with Gasteiger partial charge < -0.3 is 10.2 Å². The Morgan fingerprint density at radius 1 is 1.29 bits per heavy atom. The number of halogens is 2. The molecule has 1 aromatic heterocycles. The topological polar surface area (TPSA) is 45.2 Å². The summed E-state index contributed by atoms with van der Waals surface area (Å²) in [7, 11) is 0. The van der Waals surface area contributed by atoms with Crippen LogP contribution in [-0.4, -0.2) is 24.0 Å². The number of carbonyl (C=O) groups is 1. The van der Waals surface area contributed by atoms with Crippen molar-refractivity contribution in [2.75, 3.05) is 18.0 Å². The van der Waals surface area contributed by atoms with Crippen molar-refractivity contribution in [2.45, 2.75) is 25.8 Å². The molecule has 126 valence electrons. The number of pyridine rings is 1. The molecule has 0 spiro atoms. The van der Waals surface area contributed by atoms with Gasteiger partial charge in [0, 0.05) is 25.8 Å². The normalized spacial score (nSPS) is 14.0. The molecule has 0 unspecified atom stereocenters. The molecule has 0 aliphatic carbocycles. The van der Waals surface area contributed by atoms with E-state index in [9.17, 15) is 9.18 Å². The average Bonchev–Trinajstić information content (AvgIpc) is 3.12. The van der Waals surface area contributed by atoms with E-state index in [1.54, 1.807) is 24.4 Å². The lowest BCUT2D eigenvalue weighted by atomic mass is 10.1. The van der Waals surface area contributed by atoms with Crippen molar-refractivity contribution in [1.82, 2.24) is 10.3 Å². The van der Waals surface area contributed by atoms with Crippen molar-refractivity contribution in [2.24, 2.45) is 0 Å². The molecular formula is C18H19BrFN3O. The van der Waals surface area contributed by atoms with Crippen LogP contribution in [0.2, 0.25) is 0 Å². The number of hydrogen-bond donors (Lipinski definition) is 1. The molecule has 1 aliphatic heterocycles. The van der Waals surface area contributed by atoms with Gasteiger partial charge >= 0.3 is 0 Å². The highest BCUT2D eigenvalue weighted by Gasteiger charge is 2.14. The van der Waals surface area contributed by atoms with Crippen LogP contribution < -0.4 is 10.2 Å². The Hall–Kier alpha value is -1.95. The summed E-state index contributed by atoms with van der Waals surface area (Å²) < 4.78 is 14.3. The molecule has 0 saturated carbocycles. The van der Waals surface area contributed by atoms with Gasteiger partial charge in [-0.05, 0) is 58.1 Å². The summed E-state index contributed by atoms with van der Waals surface area (Å²) in [5, 5.41) is 2.84. The highest BCUT2D eigenvalue weighted by atomic mass is 79.9. The Bertz CT molecular complexity index is 732. The smallest absolute Gasteiger partial charge is 0.224 e. The zero-order valence-corrected chi connectivity index (χ0v) is 14.9. The summed E-state index contributed by atoms with van der Waals surface area (Å²) in [6, 6.07) is 8.86. The molecule has 3 rings (SSSR count). The molecule has 0 atom stereocenters. The maximum absolute atomic E-state index is 13.9. The van der Waals surface area contributed by atoms with E-state index in [4.69, 9.17) is 0 Å². The zero-order valence-electron chi connectivity index (χ0n) is 13.3. The molecule has 1 amide bonds. The van der Waals surface area contributed by atoms with Crippen LogP contribution in [-0.2, 0) is 17.8 Å². The second-order valence-corrected chi connectivity index (χ2v) is 6.74. The average molecular weight is 392 g/mol. The number of benzene rings is 1. The standard InChI is InChI=1S/C18H19BrFN3O/c19-15-5-3-4-14(18(15)20)11-17(24)22-12-13-6-7-21-16(10-13)23-8-1-2-9-23/h3-7,10H,1-2,8-9,11-12H2,(H,22,24). The first kappa shape index (κ1) is 16.9. The van der Waals surface area contributed by atoms with Crippen LogP contribution in [0.1, 0.15) is 24.0 Å². The Balaban J connectivity index is 1.58. The Morgan fingerprint density at radius 2 is 2.08 bits per heavy atom. The van der Waals surface area contributed by atoms with Crippen LogP contribution in [0.5, 0.6) is 0 Å². The summed E-state index contributed by atoms with van der Waals surface area (Å²) in [6.45, 7) is 2.48. The van der Waals surface area contributed by atoms with Crippen molar-refractivity contribution < 1.29 is 9.18 Å². The molecule has 1 aliphatic rings. The molecule has 1 fully saturated rings. The van der Waals surface area contributed by atoms with E-state index in [1.165, 1.54) is 12.8 Å². The third-order valence-corrected chi connectivity index (χ3v) is 4.72. The fraction of sp³-hybridized carbons (Fsp3) is 0.333. The van der Waals surface area contributed by atoms with Crippen LogP contribution in [0.3, 0.4) is 0 Å². The van der Waals surface area contributed by atoms with Gasteiger partial charge in [-0.15, -0.1) is 0 Å². The van der Waals surface area contributed by atoms with Gasteiger partial charge in [0.15, 0.2) is 0 Å². The van der Waals surface area contributed by atoms with Crippen molar-refractivity contribution in [3.63, 3.8) is 0 Å². The molecule has 1 aromatic carbocycles. The maximum Gasteiger partial charge on any atom is 0.224 e. The lowest BCUT2D eigenvalue weighted by Crippen LogP contribution is -2.25. The van der Waals surface area contributed by atoms with Crippen LogP contribution >= 0.6 is 15.9 Å². The van der Waals surface area contributed by atoms with Gasteiger partial charge in [0.2, 0.25) is 5.91 Å². The summed E-state index contributed by atoms with van der Waals surface area (Å²) >= 11 is 3.13. The molecule has 2 heterocycles. The molecule has 1 N–H and O–H groups in total. The van der Waals surface area contributed by atoms with Crippen molar-refractivity contribution in [1.29, 1.82) is 0 Å². The van der Waals surface area contributed by atoms with Gasteiger partial charge in [-0.1, -0.05) is 12.1 Å². The fourth-order valence-electron chi connectivity index (χ4n) is 2.81. The van der Waals surface area contributed by atoms with Crippen LogP contribution in [0.25, 0.3) is 0 Å². The maximum atomic E-state index is 13.9. The Kier molecular flexibility index (Phi) is 5.45. The highest BCUT2D eigenvalue weighted by molar-refractivity contribution is 9.10. The first-order valence-electron chi connectivity index (χ1n) is 8.03. The van der Waals surface area contributed by atoms with Gasteiger partial charge in [0.05, 0.1) is 10.9 Å². The summed E-state index contributed by atoms with van der Waals surface area (Å²) in [6.07, 6.45) is 4.18. The quantitative estimate of drug-likeness (QED) is 0.848. The van der Waals surface area contributed by atoms with E-state index in [0.29, 0.717) is 16.6 Å². The molecule has 0 bridgehead atoms. The van der Waals surface area contributed by atoms with Crippen LogP contribution in [0.4, 0.5) is 10.2 Å². The van der Waals surface area contributed by atoms with E-state index < -0.39 is 0 Å². The number of nitrogens with one attached hydrogen (secondary N) is 1. The van der Waals surface area contributed by atoms with E-state index in [0.717, 1.165) is 24.5 Å². The first-order valence-corrected chi connectivity index (χ1v) is 8.82. The molecule has 24 heavy (non-hydrogen) atoms. The van der Waals surface area contributed by atoms with Gasteiger partial charge in [0.25, 0.3) is 0 Å². The number of amides is 1. The SMILES string of the molecule is O=C(Cc1cccc(Br)c1F)NCc1ccnc(N2CCCC2)c1.